The standard InChI is InChI=1S/C19H25N5O4S/c1-5-29(26,27)23(3)10-7-9-20-19(25)14-12-15(16-8-6-11-28-16)21-18-17(14)13(2)22-24(18)4/h6,8,11-12H,5,7,9-10H2,1-4H3,(H,20,25). The van der Waals surface area contributed by atoms with Crippen molar-refractivity contribution in [2.24, 2.45) is 7.05 Å². The molecule has 0 bridgehead atoms. The number of hydrogen-bond donors (Lipinski definition) is 1. The minimum absolute atomic E-state index is 0.0562. The summed E-state index contributed by atoms with van der Waals surface area (Å²) < 4.78 is 32.0. The molecule has 0 unspecified atom stereocenters. The zero-order valence-corrected chi connectivity index (χ0v) is 17.8. The Morgan fingerprint density at radius 2 is 2.14 bits per heavy atom. The summed E-state index contributed by atoms with van der Waals surface area (Å²) in [5.74, 6) is 0.356. The zero-order valence-electron chi connectivity index (χ0n) is 17.0. The van der Waals surface area contributed by atoms with Gasteiger partial charge in [0.15, 0.2) is 11.4 Å². The lowest BCUT2D eigenvalue weighted by Crippen LogP contribution is -2.32. The molecule has 0 saturated heterocycles. The lowest BCUT2D eigenvalue weighted by Gasteiger charge is -2.16. The zero-order chi connectivity index (χ0) is 21.2. The molecule has 3 heterocycles. The van der Waals surface area contributed by atoms with Crippen molar-refractivity contribution < 1.29 is 17.6 Å². The van der Waals surface area contributed by atoms with E-state index in [4.69, 9.17) is 4.42 Å². The molecule has 9 nitrogen and oxygen atoms in total. The van der Waals surface area contributed by atoms with Gasteiger partial charge in [-0.3, -0.25) is 9.48 Å². The van der Waals surface area contributed by atoms with Crippen LogP contribution in [0.15, 0.2) is 28.9 Å². The Labute approximate surface area is 169 Å². The van der Waals surface area contributed by atoms with E-state index in [-0.39, 0.29) is 11.7 Å². The van der Waals surface area contributed by atoms with Crippen LogP contribution in [0.1, 0.15) is 29.4 Å². The normalized spacial score (nSPS) is 12.0. The van der Waals surface area contributed by atoms with E-state index in [1.165, 1.54) is 4.31 Å². The van der Waals surface area contributed by atoms with Crippen molar-refractivity contribution in [3.8, 4) is 11.5 Å². The quantitative estimate of drug-likeness (QED) is 0.559. The van der Waals surface area contributed by atoms with Crippen LogP contribution < -0.4 is 5.32 Å². The van der Waals surface area contributed by atoms with Gasteiger partial charge in [-0.25, -0.2) is 17.7 Å². The number of hydrogen-bond acceptors (Lipinski definition) is 6. The molecule has 0 saturated carbocycles. The third kappa shape index (κ3) is 4.33. The van der Waals surface area contributed by atoms with Crippen LogP contribution in [0.3, 0.4) is 0 Å². The molecule has 29 heavy (non-hydrogen) atoms. The van der Waals surface area contributed by atoms with Crippen LogP contribution in [-0.2, 0) is 17.1 Å². The second-order valence-corrected chi connectivity index (χ2v) is 9.14. The van der Waals surface area contributed by atoms with Crippen molar-refractivity contribution in [2.75, 3.05) is 25.9 Å². The van der Waals surface area contributed by atoms with E-state index in [2.05, 4.69) is 15.4 Å². The van der Waals surface area contributed by atoms with Gasteiger partial charge in [-0.15, -0.1) is 0 Å². The van der Waals surface area contributed by atoms with Gasteiger partial charge in [-0.2, -0.15) is 5.10 Å². The fourth-order valence-corrected chi connectivity index (χ4v) is 3.98. The average molecular weight is 420 g/mol. The summed E-state index contributed by atoms with van der Waals surface area (Å²) in [6, 6.07) is 5.23. The number of rotatable bonds is 8. The van der Waals surface area contributed by atoms with E-state index in [0.717, 1.165) is 0 Å². The highest BCUT2D eigenvalue weighted by atomic mass is 32.2. The number of carbonyl (C=O) groups is 1. The summed E-state index contributed by atoms with van der Waals surface area (Å²) in [5.41, 5.74) is 2.31. The van der Waals surface area contributed by atoms with Crippen LogP contribution in [-0.4, -0.2) is 59.3 Å². The lowest BCUT2D eigenvalue weighted by atomic mass is 10.1. The molecule has 0 fully saturated rings. The second-order valence-electron chi connectivity index (χ2n) is 6.77. The summed E-state index contributed by atoms with van der Waals surface area (Å²) in [6.07, 6.45) is 2.06. The first-order valence-electron chi connectivity index (χ1n) is 9.35. The highest BCUT2D eigenvalue weighted by Gasteiger charge is 2.20. The van der Waals surface area contributed by atoms with Crippen molar-refractivity contribution >= 4 is 27.0 Å². The molecular weight excluding hydrogens is 394 g/mol. The largest absolute Gasteiger partial charge is 0.463 e. The Balaban J connectivity index is 1.80. The third-order valence-corrected chi connectivity index (χ3v) is 6.62. The molecule has 3 rings (SSSR count). The van der Waals surface area contributed by atoms with Crippen LogP contribution in [0.4, 0.5) is 0 Å². The van der Waals surface area contributed by atoms with Crippen molar-refractivity contribution in [3.05, 3.63) is 35.7 Å². The van der Waals surface area contributed by atoms with Crippen LogP contribution >= 0.6 is 0 Å². The molecule has 3 aromatic heterocycles. The maximum atomic E-state index is 12.9. The molecule has 1 amide bonds. The Morgan fingerprint density at radius 1 is 1.38 bits per heavy atom. The van der Waals surface area contributed by atoms with Gasteiger partial charge in [0.2, 0.25) is 10.0 Å². The van der Waals surface area contributed by atoms with Gasteiger partial charge in [0.1, 0.15) is 5.69 Å². The summed E-state index contributed by atoms with van der Waals surface area (Å²) in [7, 11) is 0.0985. The van der Waals surface area contributed by atoms with Crippen LogP contribution in [0, 0.1) is 6.92 Å². The van der Waals surface area contributed by atoms with Gasteiger partial charge in [-0.1, -0.05) is 0 Å². The summed E-state index contributed by atoms with van der Waals surface area (Å²) >= 11 is 0. The molecule has 10 heteroatoms. The maximum absolute atomic E-state index is 12.9. The monoisotopic (exact) mass is 419 g/mol. The van der Waals surface area contributed by atoms with Crippen molar-refractivity contribution in [2.45, 2.75) is 20.3 Å². The Bertz CT molecular complexity index is 1120. The number of furan rings is 1. The van der Waals surface area contributed by atoms with Gasteiger partial charge in [0.25, 0.3) is 5.91 Å². The van der Waals surface area contributed by atoms with Gasteiger partial charge < -0.3 is 9.73 Å². The number of nitrogens with one attached hydrogen (secondary N) is 1. The molecule has 1 N–H and O–H groups in total. The highest BCUT2D eigenvalue weighted by molar-refractivity contribution is 7.89. The fraction of sp³-hybridized carbons (Fsp3) is 0.421. The lowest BCUT2D eigenvalue weighted by molar-refractivity contribution is 0.0954. The summed E-state index contributed by atoms with van der Waals surface area (Å²) in [5, 5.41) is 7.94. The van der Waals surface area contributed by atoms with E-state index in [9.17, 15) is 13.2 Å². The van der Waals surface area contributed by atoms with Gasteiger partial charge >= 0.3 is 0 Å². The fourth-order valence-electron chi connectivity index (χ4n) is 3.13. The molecule has 0 aliphatic heterocycles. The predicted octanol–water partition coefficient (Wildman–Crippen LogP) is 1.94. The Kier molecular flexibility index (Phi) is 6.04. The Morgan fingerprint density at radius 3 is 2.79 bits per heavy atom. The first-order chi connectivity index (χ1) is 13.7. The van der Waals surface area contributed by atoms with E-state index in [1.54, 1.807) is 50.2 Å². The molecule has 3 aromatic rings. The van der Waals surface area contributed by atoms with Crippen LogP contribution in [0.25, 0.3) is 22.5 Å². The molecule has 0 aliphatic rings. The average Bonchev–Trinajstić information content (AvgIpc) is 3.33. The molecule has 0 aliphatic carbocycles. The van der Waals surface area contributed by atoms with Crippen molar-refractivity contribution in [1.29, 1.82) is 0 Å². The predicted molar refractivity (Wildman–Crippen MR) is 110 cm³/mol. The number of fused-ring (bicyclic) bond motifs is 1. The molecule has 0 spiro atoms. The first kappa shape index (κ1) is 21.0. The number of aryl methyl sites for hydroxylation is 2. The van der Waals surface area contributed by atoms with Gasteiger partial charge in [0, 0.05) is 27.2 Å². The van der Waals surface area contributed by atoms with E-state index >= 15 is 0 Å². The van der Waals surface area contributed by atoms with Gasteiger partial charge in [0.05, 0.1) is 28.7 Å². The minimum Gasteiger partial charge on any atom is -0.463 e. The summed E-state index contributed by atoms with van der Waals surface area (Å²) in [4.78, 5) is 17.5. The molecule has 0 aromatic carbocycles. The number of pyridine rings is 1. The number of aromatic nitrogens is 3. The topological polar surface area (TPSA) is 110 Å². The number of carbonyl (C=O) groups excluding carboxylic acids is 1. The van der Waals surface area contributed by atoms with Gasteiger partial charge in [-0.05, 0) is 38.5 Å². The van der Waals surface area contributed by atoms with E-state index < -0.39 is 10.0 Å². The maximum Gasteiger partial charge on any atom is 0.252 e. The molecule has 0 radical (unpaired) electrons. The molecule has 0 atom stereocenters. The molecule has 156 valence electrons. The number of sulfonamides is 1. The highest BCUT2D eigenvalue weighted by Crippen LogP contribution is 2.27. The van der Waals surface area contributed by atoms with Crippen LogP contribution in [0.5, 0.6) is 0 Å². The Hall–Kier alpha value is -2.72. The summed E-state index contributed by atoms with van der Waals surface area (Å²) in [6.45, 7) is 4.13. The SMILES string of the molecule is CCS(=O)(=O)N(C)CCCNC(=O)c1cc(-c2ccco2)nc2c1c(C)nn2C. The minimum atomic E-state index is -3.22. The smallest absolute Gasteiger partial charge is 0.252 e. The van der Waals surface area contributed by atoms with Crippen molar-refractivity contribution in [1.82, 2.24) is 24.4 Å². The van der Waals surface area contributed by atoms with E-state index in [0.29, 0.717) is 53.3 Å². The van der Waals surface area contributed by atoms with E-state index in [1.807, 2.05) is 6.92 Å². The van der Waals surface area contributed by atoms with Crippen molar-refractivity contribution in [3.63, 3.8) is 0 Å². The van der Waals surface area contributed by atoms with Crippen LogP contribution in [0.2, 0.25) is 0 Å². The third-order valence-electron chi connectivity index (χ3n) is 4.76. The first-order valence-corrected chi connectivity index (χ1v) is 11.0. The molecular formula is C19H25N5O4S. The number of amides is 1. The number of nitrogens with zero attached hydrogens (tertiary/aromatic N) is 4. The second kappa shape index (κ2) is 8.34.